The Kier molecular flexibility index (Phi) is 5.35. The first-order chi connectivity index (χ1) is 7.64. The summed E-state index contributed by atoms with van der Waals surface area (Å²) < 4.78 is 31.1. The normalized spacial score (nSPS) is 11.7. The minimum absolute atomic E-state index is 0.0989. The zero-order valence-corrected chi connectivity index (χ0v) is 9.03. The van der Waals surface area contributed by atoms with Crippen LogP contribution in [-0.4, -0.2) is 24.2 Å². The van der Waals surface area contributed by atoms with Gasteiger partial charge in [0.15, 0.2) is 0 Å². The Morgan fingerprint density at radius 1 is 1.19 bits per heavy atom. The Morgan fingerprint density at radius 2 is 1.88 bits per heavy atom. The molecule has 4 heteroatoms. The van der Waals surface area contributed by atoms with Gasteiger partial charge in [-0.05, 0) is 12.0 Å². The highest BCUT2D eigenvalue weighted by Crippen LogP contribution is 2.20. The molecule has 1 rings (SSSR count). The van der Waals surface area contributed by atoms with Gasteiger partial charge in [0.05, 0.1) is 6.61 Å². The average Bonchev–Trinajstić information content (AvgIpc) is 2.28. The first-order valence-corrected chi connectivity index (χ1v) is 5.24. The zero-order valence-electron chi connectivity index (χ0n) is 9.03. The SMILES string of the molecule is OCCCC(F)(F)COCc1ccccc1. The Morgan fingerprint density at radius 3 is 2.50 bits per heavy atom. The first kappa shape index (κ1) is 13.1. The van der Waals surface area contributed by atoms with Gasteiger partial charge in [-0.3, -0.25) is 0 Å². The molecule has 0 aromatic heterocycles. The molecule has 0 unspecified atom stereocenters. The number of hydrogen-bond acceptors (Lipinski definition) is 2. The van der Waals surface area contributed by atoms with Crippen molar-refractivity contribution in [2.75, 3.05) is 13.2 Å². The molecule has 0 atom stereocenters. The lowest BCUT2D eigenvalue weighted by Crippen LogP contribution is -2.23. The number of benzene rings is 1. The molecule has 0 aliphatic heterocycles. The molecule has 1 N–H and O–H groups in total. The monoisotopic (exact) mass is 230 g/mol. The van der Waals surface area contributed by atoms with Crippen molar-refractivity contribution in [3.8, 4) is 0 Å². The van der Waals surface area contributed by atoms with Gasteiger partial charge in [0.2, 0.25) is 0 Å². The zero-order chi connectivity index (χ0) is 11.9. The van der Waals surface area contributed by atoms with Crippen molar-refractivity contribution < 1.29 is 18.6 Å². The Hall–Kier alpha value is -1.00. The van der Waals surface area contributed by atoms with Crippen LogP contribution in [0.2, 0.25) is 0 Å². The Bertz CT molecular complexity index is 288. The van der Waals surface area contributed by atoms with E-state index in [1.807, 2.05) is 30.3 Å². The van der Waals surface area contributed by atoms with E-state index in [4.69, 9.17) is 9.84 Å². The van der Waals surface area contributed by atoms with E-state index in [9.17, 15) is 8.78 Å². The summed E-state index contributed by atoms with van der Waals surface area (Å²) in [6, 6.07) is 9.18. The van der Waals surface area contributed by atoms with Crippen molar-refractivity contribution in [2.24, 2.45) is 0 Å². The van der Waals surface area contributed by atoms with E-state index in [0.29, 0.717) is 0 Å². The third-order valence-electron chi connectivity index (χ3n) is 2.13. The van der Waals surface area contributed by atoms with E-state index >= 15 is 0 Å². The molecule has 0 saturated carbocycles. The van der Waals surface area contributed by atoms with Crippen molar-refractivity contribution in [3.63, 3.8) is 0 Å². The van der Waals surface area contributed by atoms with Crippen LogP contribution in [0.3, 0.4) is 0 Å². The maximum atomic E-state index is 13.1. The molecule has 0 amide bonds. The molecule has 0 spiro atoms. The first-order valence-electron chi connectivity index (χ1n) is 5.24. The van der Waals surface area contributed by atoms with Gasteiger partial charge in [0, 0.05) is 13.0 Å². The summed E-state index contributed by atoms with van der Waals surface area (Å²) in [5.41, 5.74) is 0.875. The second-order valence-corrected chi connectivity index (χ2v) is 3.66. The summed E-state index contributed by atoms with van der Waals surface area (Å²) in [7, 11) is 0. The summed E-state index contributed by atoms with van der Waals surface area (Å²) in [5, 5.41) is 8.46. The number of ether oxygens (including phenoxy) is 1. The maximum Gasteiger partial charge on any atom is 0.271 e. The van der Waals surface area contributed by atoms with Gasteiger partial charge in [-0.1, -0.05) is 30.3 Å². The molecule has 0 radical (unpaired) electrons. The predicted molar refractivity (Wildman–Crippen MR) is 57.4 cm³/mol. The fourth-order valence-electron chi connectivity index (χ4n) is 1.30. The van der Waals surface area contributed by atoms with Crippen LogP contribution in [0.25, 0.3) is 0 Å². The summed E-state index contributed by atoms with van der Waals surface area (Å²) in [6.45, 7) is -0.619. The van der Waals surface area contributed by atoms with Crippen LogP contribution in [0, 0.1) is 0 Å². The highest BCUT2D eigenvalue weighted by atomic mass is 19.3. The minimum atomic E-state index is -2.85. The van der Waals surface area contributed by atoms with E-state index in [-0.39, 0.29) is 26.1 Å². The molecule has 90 valence electrons. The molecular formula is C12H16F2O2. The van der Waals surface area contributed by atoms with Crippen LogP contribution < -0.4 is 0 Å². The molecule has 1 aromatic rings. The fourth-order valence-corrected chi connectivity index (χ4v) is 1.30. The summed E-state index contributed by atoms with van der Waals surface area (Å²) in [5.74, 6) is -2.85. The lowest BCUT2D eigenvalue weighted by molar-refractivity contribution is -0.0891. The molecule has 0 saturated heterocycles. The minimum Gasteiger partial charge on any atom is -0.396 e. The van der Waals surface area contributed by atoms with Gasteiger partial charge in [0.25, 0.3) is 5.92 Å². The van der Waals surface area contributed by atoms with E-state index < -0.39 is 12.5 Å². The molecule has 1 aromatic carbocycles. The highest BCUT2D eigenvalue weighted by Gasteiger charge is 2.28. The van der Waals surface area contributed by atoms with E-state index in [1.165, 1.54) is 0 Å². The van der Waals surface area contributed by atoms with Gasteiger partial charge >= 0.3 is 0 Å². The number of aliphatic hydroxyl groups excluding tert-OH is 1. The van der Waals surface area contributed by atoms with Crippen LogP contribution in [0.15, 0.2) is 30.3 Å². The van der Waals surface area contributed by atoms with E-state index in [2.05, 4.69) is 0 Å². The topological polar surface area (TPSA) is 29.5 Å². The molecule has 0 aliphatic carbocycles. The Labute approximate surface area is 93.9 Å². The van der Waals surface area contributed by atoms with Crippen molar-refractivity contribution in [1.82, 2.24) is 0 Å². The van der Waals surface area contributed by atoms with Crippen LogP contribution in [-0.2, 0) is 11.3 Å². The fraction of sp³-hybridized carbons (Fsp3) is 0.500. The third-order valence-corrected chi connectivity index (χ3v) is 2.13. The number of halogens is 2. The average molecular weight is 230 g/mol. The van der Waals surface area contributed by atoms with Crippen molar-refractivity contribution in [2.45, 2.75) is 25.4 Å². The number of rotatable bonds is 7. The smallest absolute Gasteiger partial charge is 0.271 e. The van der Waals surface area contributed by atoms with Crippen LogP contribution >= 0.6 is 0 Å². The predicted octanol–water partition coefficient (Wildman–Crippen LogP) is 2.61. The molecule has 0 heterocycles. The lowest BCUT2D eigenvalue weighted by Gasteiger charge is -2.15. The van der Waals surface area contributed by atoms with Crippen molar-refractivity contribution in [1.29, 1.82) is 0 Å². The molecule has 0 bridgehead atoms. The molecular weight excluding hydrogens is 214 g/mol. The third kappa shape index (κ3) is 5.19. The van der Waals surface area contributed by atoms with Crippen LogP contribution in [0.1, 0.15) is 18.4 Å². The highest BCUT2D eigenvalue weighted by molar-refractivity contribution is 5.13. The molecule has 16 heavy (non-hydrogen) atoms. The van der Waals surface area contributed by atoms with E-state index in [0.717, 1.165) is 5.56 Å². The summed E-state index contributed by atoms with van der Waals surface area (Å²) in [4.78, 5) is 0. The largest absolute Gasteiger partial charge is 0.396 e. The Balaban J connectivity index is 2.24. The number of alkyl halides is 2. The summed E-state index contributed by atoms with van der Waals surface area (Å²) in [6.07, 6.45) is -0.236. The van der Waals surface area contributed by atoms with Crippen molar-refractivity contribution in [3.05, 3.63) is 35.9 Å². The van der Waals surface area contributed by atoms with Gasteiger partial charge in [-0.25, -0.2) is 8.78 Å². The standard InChI is InChI=1S/C12H16F2O2/c13-12(14,7-4-8-15)10-16-9-11-5-2-1-3-6-11/h1-3,5-6,15H,4,7-10H2. The summed E-state index contributed by atoms with van der Waals surface area (Å²) >= 11 is 0. The number of aliphatic hydroxyl groups is 1. The quantitative estimate of drug-likeness (QED) is 0.780. The second-order valence-electron chi connectivity index (χ2n) is 3.66. The maximum absolute atomic E-state index is 13.1. The number of hydrogen-bond donors (Lipinski definition) is 1. The van der Waals surface area contributed by atoms with Crippen LogP contribution in [0.5, 0.6) is 0 Å². The van der Waals surface area contributed by atoms with Gasteiger partial charge in [-0.15, -0.1) is 0 Å². The van der Waals surface area contributed by atoms with Gasteiger partial charge < -0.3 is 9.84 Å². The molecule has 2 nitrogen and oxygen atoms in total. The van der Waals surface area contributed by atoms with Gasteiger partial charge in [-0.2, -0.15) is 0 Å². The van der Waals surface area contributed by atoms with Gasteiger partial charge in [0.1, 0.15) is 6.61 Å². The second kappa shape index (κ2) is 6.55. The lowest BCUT2D eigenvalue weighted by atomic mass is 10.2. The van der Waals surface area contributed by atoms with E-state index in [1.54, 1.807) is 0 Å². The molecule has 0 fully saturated rings. The molecule has 0 aliphatic rings. The van der Waals surface area contributed by atoms with Crippen LogP contribution in [0.4, 0.5) is 8.78 Å². The van der Waals surface area contributed by atoms with Crippen molar-refractivity contribution >= 4 is 0 Å².